The van der Waals surface area contributed by atoms with Crippen LogP contribution in [-0.2, 0) is 0 Å². The molecular formula is C25H18N6O. The van der Waals surface area contributed by atoms with E-state index in [0.29, 0.717) is 17.3 Å². The monoisotopic (exact) mass is 418 g/mol. The first-order valence-electron chi connectivity index (χ1n) is 10.2. The number of rotatable bonds is 4. The fourth-order valence-electron chi connectivity index (χ4n) is 3.86. The second-order valence-corrected chi connectivity index (χ2v) is 7.59. The molecular weight excluding hydrogens is 400 g/mol. The fraction of sp³-hybridized carbons (Fsp3) is 0.0400. The number of aryl methyl sites for hydroxylation is 1. The van der Waals surface area contributed by atoms with Crippen LogP contribution in [0.25, 0.3) is 38.9 Å². The quantitative estimate of drug-likeness (QED) is 0.435. The van der Waals surface area contributed by atoms with Crippen molar-refractivity contribution in [3.05, 3.63) is 84.7 Å². The number of fused-ring (bicyclic) bond motifs is 2. The van der Waals surface area contributed by atoms with Gasteiger partial charge in [-0.3, -0.25) is 0 Å². The Hall–Kier alpha value is -4.52. The van der Waals surface area contributed by atoms with E-state index in [4.69, 9.17) is 20.6 Å². The molecule has 0 saturated carbocycles. The van der Waals surface area contributed by atoms with Crippen molar-refractivity contribution in [1.82, 2.24) is 24.7 Å². The molecule has 0 spiro atoms. The number of hydrogen-bond donors (Lipinski definition) is 1. The number of anilines is 1. The molecule has 0 fully saturated rings. The van der Waals surface area contributed by atoms with Gasteiger partial charge < -0.3 is 10.5 Å². The van der Waals surface area contributed by atoms with Gasteiger partial charge in [0.2, 0.25) is 5.88 Å². The second-order valence-electron chi connectivity index (χ2n) is 7.59. The van der Waals surface area contributed by atoms with Crippen molar-refractivity contribution < 1.29 is 4.74 Å². The minimum atomic E-state index is 0.394. The van der Waals surface area contributed by atoms with Crippen molar-refractivity contribution in [2.45, 2.75) is 6.92 Å². The molecule has 32 heavy (non-hydrogen) atoms. The number of nitrogen functional groups attached to an aromatic ring is 1. The predicted molar refractivity (Wildman–Crippen MR) is 125 cm³/mol. The molecule has 2 N–H and O–H groups in total. The standard InChI is InChI=1S/C25H18N6O/c1-15-12-21(32-18-8-3-2-4-9-18)29-20-13-16(10-11-19(15)20)23-22-24(26)27-14-28-25(22)31(30-23)17-6-5-7-17/h2-14H,1H3,(H2,26,27,28). The van der Waals surface area contributed by atoms with Crippen LogP contribution in [0.1, 0.15) is 5.56 Å². The number of para-hydroxylation sites is 1. The van der Waals surface area contributed by atoms with Gasteiger partial charge in [-0.2, -0.15) is 5.10 Å². The molecule has 0 saturated heterocycles. The van der Waals surface area contributed by atoms with Gasteiger partial charge in [0.1, 0.15) is 23.6 Å². The molecule has 0 atom stereocenters. The minimum absolute atomic E-state index is 0.394. The predicted octanol–water partition coefficient (Wildman–Crippen LogP) is 5.14. The highest BCUT2D eigenvalue weighted by molar-refractivity contribution is 6.01. The van der Waals surface area contributed by atoms with Crippen LogP contribution in [0.5, 0.6) is 11.6 Å². The van der Waals surface area contributed by atoms with E-state index in [9.17, 15) is 0 Å². The van der Waals surface area contributed by atoms with Crippen molar-refractivity contribution in [3.63, 3.8) is 0 Å². The van der Waals surface area contributed by atoms with Gasteiger partial charge >= 0.3 is 0 Å². The van der Waals surface area contributed by atoms with E-state index >= 15 is 0 Å². The SMILES string of the molecule is Cc1cc(Oc2ccccc2)nc2cc(-c3nn(C4=CC=C4)c4ncnc(N)c34)ccc12. The van der Waals surface area contributed by atoms with E-state index in [0.717, 1.165) is 44.6 Å². The van der Waals surface area contributed by atoms with E-state index < -0.39 is 0 Å². The summed E-state index contributed by atoms with van der Waals surface area (Å²) in [6.07, 6.45) is 7.38. The molecule has 0 aliphatic heterocycles. The molecule has 2 aromatic carbocycles. The Morgan fingerprint density at radius 3 is 2.62 bits per heavy atom. The summed E-state index contributed by atoms with van der Waals surface area (Å²) < 4.78 is 7.77. The maximum atomic E-state index is 6.24. The normalized spacial score (nSPS) is 12.7. The molecule has 5 aromatic rings. The number of ether oxygens (including phenoxy) is 1. The summed E-state index contributed by atoms with van der Waals surface area (Å²) in [4.78, 5) is 13.4. The number of aromatic nitrogens is 5. The lowest BCUT2D eigenvalue weighted by Crippen LogP contribution is -2.02. The summed E-state index contributed by atoms with van der Waals surface area (Å²) in [5.41, 5.74) is 11.4. The summed E-state index contributed by atoms with van der Waals surface area (Å²) in [6, 6.07) is 17.6. The van der Waals surface area contributed by atoms with E-state index in [-0.39, 0.29) is 0 Å². The van der Waals surface area contributed by atoms with Crippen molar-refractivity contribution in [3.8, 4) is 22.9 Å². The highest BCUT2D eigenvalue weighted by atomic mass is 16.5. The lowest BCUT2D eigenvalue weighted by molar-refractivity contribution is 0.465. The molecule has 1 aliphatic rings. The third kappa shape index (κ3) is 2.91. The highest BCUT2D eigenvalue weighted by Crippen LogP contribution is 2.35. The van der Waals surface area contributed by atoms with Crippen LogP contribution in [0.4, 0.5) is 5.82 Å². The van der Waals surface area contributed by atoms with Crippen molar-refractivity contribution in [2.24, 2.45) is 0 Å². The molecule has 7 heteroatoms. The van der Waals surface area contributed by atoms with Gasteiger partial charge in [0.15, 0.2) is 5.65 Å². The zero-order chi connectivity index (χ0) is 21.7. The maximum Gasteiger partial charge on any atom is 0.220 e. The van der Waals surface area contributed by atoms with E-state index in [1.165, 1.54) is 6.33 Å². The van der Waals surface area contributed by atoms with Gasteiger partial charge in [-0.1, -0.05) is 36.4 Å². The minimum Gasteiger partial charge on any atom is -0.439 e. The van der Waals surface area contributed by atoms with E-state index in [1.54, 1.807) is 4.68 Å². The Morgan fingerprint density at radius 1 is 1.00 bits per heavy atom. The van der Waals surface area contributed by atoms with Gasteiger partial charge in [0.25, 0.3) is 0 Å². The Labute approximate surface area is 183 Å². The number of nitrogens with zero attached hydrogens (tertiary/aromatic N) is 5. The molecule has 0 radical (unpaired) electrons. The Bertz CT molecular complexity index is 1570. The number of allylic oxidation sites excluding steroid dienone is 4. The molecule has 154 valence electrons. The van der Waals surface area contributed by atoms with Crippen LogP contribution < -0.4 is 10.5 Å². The molecule has 0 amide bonds. The third-order valence-electron chi connectivity index (χ3n) is 5.50. The molecule has 1 aliphatic carbocycles. The lowest BCUT2D eigenvalue weighted by atomic mass is 10.0. The summed E-state index contributed by atoms with van der Waals surface area (Å²) in [6.45, 7) is 2.05. The molecule has 0 unspecified atom stereocenters. The van der Waals surface area contributed by atoms with Crippen molar-refractivity contribution in [2.75, 3.05) is 5.73 Å². The first-order valence-corrected chi connectivity index (χ1v) is 10.2. The van der Waals surface area contributed by atoms with Gasteiger partial charge in [-0.25, -0.2) is 19.6 Å². The van der Waals surface area contributed by atoms with Gasteiger partial charge in [-0.05, 0) is 42.8 Å². The summed E-state index contributed by atoms with van der Waals surface area (Å²) in [7, 11) is 0. The molecule has 0 bridgehead atoms. The van der Waals surface area contributed by atoms with E-state index in [2.05, 4.69) is 9.97 Å². The zero-order valence-corrected chi connectivity index (χ0v) is 17.2. The average Bonchev–Trinajstić information content (AvgIpc) is 3.13. The smallest absolute Gasteiger partial charge is 0.220 e. The fourth-order valence-corrected chi connectivity index (χ4v) is 3.86. The molecule has 3 aromatic heterocycles. The van der Waals surface area contributed by atoms with Crippen molar-refractivity contribution in [1.29, 1.82) is 0 Å². The van der Waals surface area contributed by atoms with Gasteiger partial charge in [0.05, 0.1) is 16.6 Å². The largest absolute Gasteiger partial charge is 0.439 e. The number of pyridine rings is 1. The Balaban J connectivity index is 1.51. The van der Waals surface area contributed by atoms with Crippen LogP contribution in [0.3, 0.4) is 0 Å². The average molecular weight is 418 g/mol. The summed E-state index contributed by atoms with van der Waals surface area (Å²) in [5, 5.41) is 6.59. The second kappa shape index (κ2) is 7.02. The molecule has 7 nitrogen and oxygen atoms in total. The lowest BCUT2D eigenvalue weighted by Gasteiger charge is -2.09. The zero-order valence-electron chi connectivity index (χ0n) is 17.2. The first-order chi connectivity index (χ1) is 15.7. The molecule has 3 heterocycles. The number of benzene rings is 2. The van der Waals surface area contributed by atoms with Crippen molar-refractivity contribution >= 4 is 33.5 Å². The number of hydrogen-bond acceptors (Lipinski definition) is 6. The maximum absolute atomic E-state index is 6.24. The topological polar surface area (TPSA) is 91.7 Å². The van der Waals surface area contributed by atoms with Crippen LogP contribution in [0, 0.1) is 6.92 Å². The Morgan fingerprint density at radius 2 is 1.84 bits per heavy atom. The van der Waals surface area contributed by atoms with E-state index in [1.807, 2.05) is 79.7 Å². The van der Waals surface area contributed by atoms with Gasteiger partial charge in [0, 0.05) is 17.0 Å². The highest BCUT2D eigenvalue weighted by Gasteiger charge is 2.20. The first kappa shape index (κ1) is 18.3. The summed E-state index contributed by atoms with van der Waals surface area (Å²) in [5.74, 6) is 1.68. The van der Waals surface area contributed by atoms with Crippen LogP contribution >= 0.6 is 0 Å². The van der Waals surface area contributed by atoms with Crippen LogP contribution in [0.15, 0.2) is 79.2 Å². The Kier molecular flexibility index (Phi) is 4.01. The van der Waals surface area contributed by atoms with Gasteiger partial charge in [-0.15, -0.1) is 0 Å². The van der Waals surface area contributed by atoms with Crippen LogP contribution in [-0.4, -0.2) is 24.7 Å². The third-order valence-corrected chi connectivity index (χ3v) is 5.50. The summed E-state index contributed by atoms with van der Waals surface area (Å²) >= 11 is 0. The van der Waals surface area contributed by atoms with Crippen LogP contribution in [0.2, 0.25) is 0 Å². The number of nitrogens with two attached hydrogens (primary N) is 1. The molecule has 6 rings (SSSR count).